The molecule has 2 heterocycles. The Labute approximate surface area is 213 Å². The lowest BCUT2D eigenvalue weighted by Crippen LogP contribution is -2.43. The van der Waals surface area contributed by atoms with Gasteiger partial charge in [0.05, 0.1) is 30.9 Å². The molecular formula is C28H27N3O6. The molecule has 0 bridgehead atoms. The maximum atomic E-state index is 13.3. The van der Waals surface area contributed by atoms with Gasteiger partial charge in [-0.05, 0) is 49.2 Å². The predicted octanol–water partition coefficient (Wildman–Crippen LogP) is 3.42. The van der Waals surface area contributed by atoms with Crippen molar-refractivity contribution in [2.24, 2.45) is 0 Å². The molecule has 2 amide bonds. The summed E-state index contributed by atoms with van der Waals surface area (Å²) in [6, 6.07) is 13.3. The Hall–Kier alpha value is -4.66. The van der Waals surface area contributed by atoms with E-state index in [1.807, 2.05) is 30.3 Å². The maximum Gasteiger partial charge on any atom is 0.337 e. The number of benzene rings is 2. The third-order valence-corrected chi connectivity index (χ3v) is 6.29. The van der Waals surface area contributed by atoms with Crippen LogP contribution in [-0.2, 0) is 25.5 Å². The van der Waals surface area contributed by atoms with Crippen LogP contribution in [0.2, 0.25) is 0 Å². The Balaban J connectivity index is 1.64. The molecule has 4 rings (SSSR count). The number of aromatic amines is 1. The van der Waals surface area contributed by atoms with Crippen molar-refractivity contribution in [2.75, 3.05) is 19.5 Å². The Kier molecular flexibility index (Phi) is 7.24. The molecular weight excluding hydrogens is 474 g/mol. The number of rotatable bonds is 7. The van der Waals surface area contributed by atoms with Crippen LogP contribution in [0, 0.1) is 13.8 Å². The molecule has 0 saturated carbocycles. The highest BCUT2D eigenvalue weighted by molar-refractivity contribution is 6.35. The summed E-state index contributed by atoms with van der Waals surface area (Å²) >= 11 is 0. The van der Waals surface area contributed by atoms with Crippen LogP contribution in [0.15, 0.2) is 48.5 Å². The number of esters is 2. The van der Waals surface area contributed by atoms with E-state index in [9.17, 15) is 19.2 Å². The average molecular weight is 502 g/mol. The largest absolute Gasteiger partial charge is 0.467 e. The highest BCUT2D eigenvalue weighted by Crippen LogP contribution is 2.35. The number of amides is 2. The SMILES string of the molecule is COC(=O)c1ccc2c(c1)/C(=C/c1[nH]c(C)c(C(=O)N[C@H](Cc3ccccc3)C(=O)OC)c1C)C(=O)N2. The van der Waals surface area contributed by atoms with Crippen LogP contribution in [0.5, 0.6) is 0 Å². The van der Waals surface area contributed by atoms with Gasteiger partial charge in [-0.15, -0.1) is 0 Å². The van der Waals surface area contributed by atoms with Crippen LogP contribution >= 0.6 is 0 Å². The van der Waals surface area contributed by atoms with E-state index in [4.69, 9.17) is 9.47 Å². The monoisotopic (exact) mass is 501 g/mol. The van der Waals surface area contributed by atoms with Gasteiger partial charge in [0.2, 0.25) is 0 Å². The Morgan fingerprint density at radius 1 is 1.03 bits per heavy atom. The van der Waals surface area contributed by atoms with E-state index in [-0.39, 0.29) is 12.3 Å². The Bertz CT molecular complexity index is 1420. The Morgan fingerprint density at radius 3 is 2.43 bits per heavy atom. The zero-order chi connectivity index (χ0) is 26.7. The molecule has 9 nitrogen and oxygen atoms in total. The van der Waals surface area contributed by atoms with Crippen LogP contribution in [0.25, 0.3) is 11.6 Å². The zero-order valence-electron chi connectivity index (χ0n) is 20.9. The van der Waals surface area contributed by atoms with Crippen molar-refractivity contribution < 1.29 is 28.7 Å². The third-order valence-electron chi connectivity index (χ3n) is 6.29. The van der Waals surface area contributed by atoms with E-state index in [0.29, 0.717) is 44.9 Å². The zero-order valence-corrected chi connectivity index (χ0v) is 20.9. The number of aromatic nitrogens is 1. The van der Waals surface area contributed by atoms with Crippen molar-refractivity contribution in [3.63, 3.8) is 0 Å². The molecule has 1 atom stereocenters. The molecule has 0 saturated heterocycles. The lowest BCUT2D eigenvalue weighted by molar-refractivity contribution is -0.142. The molecule has 9 heteroatoms. The van der Waals surface area contributed by atoms with Gasteiger partial charge >= 0.3 is 11.9 Å². The van der Waals surface area contributed by atoms with E-state index < -0.39 is 23.9 Å². The quantitative estimate of drug-likeness (QED) is 0.336. The number of nitrogens with one attached hydrogen (secondary N) is 3. The summed E-state index contributed by atoms with van der Waals surface area (Å²) in [5.74, 6) is -1.83. The van der Waals surface area contributed by atoms with E-state index in [2.05, 4.69) is 15.6 Å². The summed E-state index contributed by atoms with van der Waals surface area (Å²) in [7, 11) is 2.57. The molecule has 1 aliphatic heterocycles. The van der Waals surface area contributed by atoms with Gasteiger partial charge in [-0.2, -0.15) is 0 Å². The van der Waals surface area contributed by atoms with E-state index in [1.165, 1.54) is 14.2 Å². The van der Waals surface area contributed by atoms with Gasteiger partial charge in [0, 0.05) is 29.1 Å². The van der Waals surface area contributed by atoms with Crippen LogP contribution in [-0.4, -0.2) is 49.0 Å². The molecule has 2 aromatic carbocycles. The maximum absolute atomic E-state index is 13.3. The molecule has 1 aromatic heterocycles. The highest BCUT2D eigenvalue weighted by Gasteiger charge is 2.28. The van der Waals surface area contributed by atoms with E-state index in [0.717, 1.165) is 5.56 Å². The highest BCUT2D eigenvalue weighted by atomic mass is 16.5. The fourth-order valence-electron chi connectivity index (χ4n) is 4.40. The first kappa shape index (κ1) is 25.4. The smallest absolute Gasteiger partial charge is 0.337 e. The first-order valence-electron chi connectivity index (χ1n) is 11.6. The fraction of sp³-hybridized carbons (Fsp3) is 0.214. The molecule has 190 valence electrons. The molecule has 0 aliphatic carbocycles. The third kappa shape index (κ3) is 5.16. The van der Waals surface area contributed by atoms with Gasteiger partial charge in [0.1, 0.15) is 6.04 Å². The van der Waals surface area contributed by atoms with Gasteiger partial charge < -0.3 is 25.1 Å². The predicted molar refractivity (Wildman–Crippen MR) is 138 cm³/mol. The molecule has 0 radical (unpaired) electrons. The van der Waals surface area contributed by atoms with Gasteiger partial charge in [0.25, 0.3) is 11.8 Å². The lowest BCUT2D eigenvalue weighted by Gasteiger charge is -2.17. The number of hydrogen-bond donors (Lipinski definition) is 3. The average Bonchev–Trinajstić information content (AvgIpc) is 3.36. The minimum atomic E-state index is -0.875. The topological polar surface area (TPSA) is 127 Å². The van der Waals surface area contributed by atoms with Gasteiger partial charge in [-0.1, -0.05) is 30.3 Å². The number of methoxy groups -OCH3 is 2. The number of carbonyl (C=O) groups is 4. The number of ether oxygens (including phenoxy) is 2. The summed E-state index contributed by atoms with van der Waals surface area (Å²) in [5, 5.41) is 5.57. The van der Waals surface area contributed by atoms with Crippen LogP contribution in [0.1, 0.15) is 48.8 Å². The first-order valence-corrected chi connectivity index (χ1v) is 11.6. The first-order chi connectivity index (χ1) is 17.7. The molecule has 3 aromatic rings. The van der Waals surface area contributed by atoms with Crippen LogP contribution in [0.4, 0.5) is 5.69 Å². The molecule has 0 fully saturated rings. The van der Waals surface area contributed by atoms with Gasteiger partial charge in [0.15, 0.2) is 0 Å². The summed E-state index contributed by atoms with van der Waals surface area (Å²) < 4.78 is 9.69. The van der Waals surface area contributed by atoms with Crippen LogP contribution in [0.3, 0.4) is 0 Å². The number of anilines is 1. The second-order valence-corrected chi connectivity index (χ2v) is 8.67. The minimum Gasteiger partial charge on any atom is -0.467 e. The van der Waals surface area contributed by atoms with Crippen molar-refractivity contribution in [3.05, 3.63) is 87.7 Å². The molecule has 1 aliphatic rings. The van der Waals surface area contributed by atoms with Crippen molar-refractivity contribution in [1.82, 2.24) is 10.3 Å². The Morgan fingerprint density at radius 2 is 1.76 bits per heavy atom. The van der Waals surface area contributed by atoms with Crippen LogP contribution < -0.4 is 10.6 Å². The summed E-state index contributed by atoms with van der Waals surface area (Å²) in [6.45, 7) is 3.50. The number of hydrogen-bond acceptors (Lipinski definition) is 6. The molecule has 0 unspecified atom stereocenters. The second kappa shape index (κ2) is 10.5. The number of aryl methyl sites for hydroxylation is 1. The standard InChI is InChI=1S/C28H27N3O6/c1-15-22(14-20-19-13-18(27(34)36-3)10-11-21(19)30-25(20)32)29-16(2)24(15)26(33)31-23(28(35)37-4)12-17-8-6-5-7-9-17/h5-11,13-14,23,29H,12H2,1-4H3,(H,30,32)(H,31,33)/b20-14-/t23-/m1/s1. The van der Waals surface area contributed by atoms with Crippen molar-refractivity contribution >= 4 is 41.1 Å². The molecule has 0 spiro atoms. The fourth-order valence-corrected chi connectivity index (χ4v) is 4.40. The van der Waals surface area contributed by atoms with Crippen molar-refractivity contribution in [3.8, 4) is 0 Å². The summed E-state index contributed by atoms with van der Waals surface area (Å²) in [4.78, 5) is 53.5. The number of carbonyl (C=O) groups excluding carboxylic acids is 4. The van der Waals surface area contributed by atoms with Crippen molar-refractivity contribution in [2.45, 2.75) is 26.3 Å². The lowest BCUT2D eigenvalue weighted by atomic mass is 10.0. The van der Waals surface area contributed by atoms with Gasteiger partial charge in [-0.3, -0.25) is 9.59 Å². The normalized spacial score (nSPS) is 14.1. The summed E-state index contributed by atoms with van der Waals surface area (Å²) in [5.41, 5.74) is 4.77. The number of fused-ring (bicyclic) bond motifs is 1. The molecule has 3 N–H and O–H groups in total. The minimum absolute atomic E-state index is 0.276. The van der Waals surface area contributed by atoms with Crippen molar-refractivity contribution in [1.29, 1.82) is 0 Å². The van der Waals surface area contributed by atoms with E-state index >= 15 is 0 Å². The molecule has 37 heavy (non-hydrogen) atoms. The van der Waals surface area contributed by atoms with E-state index in [1.54, 1.807) is 38.1 Å². The number of H-pyrrole nitrogens is 1. The van der Waals surface area contributed by atoms with Gasteiger partial charge in [-0.25, -0.2) is 9.59 Å². The second-order valence-electron chi connectivity index (χ2n) is 8.67. The summed E-state index contributed by atoms with van der Waals surface area (Å²) in [6.07, 6.45) is 1.92.